The van der Waals surface area contributed by atoms with E-state index in [9.17, 15) is 23.2 Å². The second-order valence-corrected chi connectivity index (χ2v) is 12.9. The fourth-order valence-corrected chi connectivity index (χ4v) is 7.99. The largest absolute Gasteiger partial charge is 0.461 e. The average molecular weight is 652 g/mol. The Bertz CT molecular complexity index is 1910. The van der Waals surface area contributed by atoms with Crippen molar-refractivity contribution >= 4 is 44.1 Å². The first kappa shape index (κ1) is 30.3. The number of piperazine rings is 1. The van der Waals surface area contributed by atoms with Crippen LogP contribution >= 0.6 is 11.3 Å². The fourth-order valence-electron chi connectivity index (χ4n) is 7.16. The SMILES string of the molecule is C=C(F)C(=O)N1CCN(c2nc(OC[C@@]34CCCN3C[C@H](F)C4)nc3c(F)c(-c4cccc5scc(F)c45)ncc23)C[C@@H]1CC#N. The number of pyridine rings is 1. The number of nitriles is 1. The molecule has 238 valence electrons. The molecule has 9 nitrogen and oxygen atoms in total. The number of hydrogen-bond acceptors (Lipinski definition) is 9. The summed E-state index contributed by atoms with van der Waals surface area (Å²) in [6.45, 7) is 4.62. The molecule has 0 bridgehead atoms. The van der Waals surface area contributed by atoms with Gasteiger partial charge in [0.2, 0.25) is 0 Å². The van der Waals surface area contributed by atoms with Gasteiger partial charge in [-0.25, -0.2) is 17.6 Å². The molecular weight excluding hydrogens is 622 g/mol. The number of hydrogen-bond donors (Lipinski definition) is 0. The van der Waals surface area contributed by atoms with Gasteiger partial charge in [-0.15, -0.1) is 11.3 Å². The van der Waals surface area contributed by atoms with E-state index in [-0.39, 0.29) is 72.0 Å². The van der Waals surface area contributed by atoms with E-state index in [1.165, 1.54) is 27.8 Å². The van der Waals surface area contributed by atoms with Gasteiger partial charge in [0.15, 0.2) is 11.6 Å². The lowest BCUT2D eigenvalue weighted by atomic mass is 9.95. The molecule has 7 rings (SSSR count). The molecule has 0 spiro atoms. The average Bonchev–Trinajstić information content (AvgIpc) is 3.71. The van der Waals surface area contributed by atoms with E-state index in [1.54, 1.807) is 23.1 Å². The number of aromatic nitrogens is 3. The minimum atomic E-state index is -1.13. The molecule has 3 atom stereocenters. The zero-order chi connectivity index (χ0) is 32.2. The maximum atomic E-state index is 16.6. The normalized spacial score (nSPS) is 23.2. The molecule has 0 aliphatic carbocycles. The van der Waals surface area contributed by atoms with Crippen molar-refractivity contribution in [3.8, 4) is 23.3 Å². The highest BCUT2D eigenvalue weighted by Gasteiger charge is 2.49. The summed E-state index contributed by atoms with van der Waals surface area (Å²) in [6, 6.07) is 6.25. The molecule has 14 heteroatoms. The summed E-state index contributed by atoms with van der Waals surface area (Å²) in [7, 11) is 0. The Morgan fingerprint density at radius 1 is 1.22 bits per heavy atom. The number of thiophene rings is 1. The van der Waals surface area contributed by atoms with E-state index in [2.05, 4.69) is 26.4 Å². The maximum Gasteiger partial charge on any atom is 0.319 e. The molecule has 0 unspecified atom stereocenters. The molecule has 3 aliphatic heterocycles. The van der Waals surface area contributed by atoms with E-state index in [1.807, 2.05) is 6.07 Å². The van der Waals surface area contributed by atoms with Crippen LogP contribution in [-0.4, -0.2) is 87.7 Å². The highest BCUT2D eigenvalue weighted by Crippen LogP contribution is 2.41. The molecule has 0 N–H and O–H groups in total. The molecule has 0 saturated carbocycles. The monoisotopic (exact) mass is 651 g/mol. The van der Waals surface area contributed by atoms with E-state index in [0.29, 0.717) is 17.7 Å². The van der Waals surface area contributed by atoms with Gasteiger partial charge >= 0.3 is 6.01 Å². The molecule has 1 aromatic carbocycles. The Labute approximate surface area is 265 Å². The number of ether oxygens (including phenoxy) is 1. The zero-order valence-electron chi connectivity index (χ0n) is 24.7. The quantitative estimate of drug-likeness (QED) is 0.190. The second kappa shape index (κ2) is 11.8. The lowest BCUT2D eigenvalue weighted by Crippen LogP contribution is -2.55. The molecule has 0 radical (unpaired) electrons. The number of amides is 1. The van der Waals surface area contributed by atoms with Crippen LogP contribution in [-0.2, 0) is 4.79 Å². The van der Waals surface area contributed by atoms with Gasteiger partial charge in [-0.3, -0.25) is 14.7 Å². The smallest absolute Gasteiger partial charge is 0.319 e. The van der Waals surface area contributed by atoms with E-state index >= 15 is 4.39 Å². The van der Waals surface area contributed by atoms with Crippen molar-refractivity contribution < 1.29 is 27.1 Å². The van der Waals surface area contributed by atoms with Gasteiger partial charge in [-0.2, -0.15) is 15.2 Å². The first-order chi connectivity index (χ1) is 22.2. The highest BCUT2D eigenvalue weighted by atomic mass is 32.1. The van der Waals surface area contributed by atoms with E-state index in [0.717, 1.165) is 19.4 Å². The molecule has 46 heavy (non-hydrogen) atoms. The zero-order valence-corrected chi connectivity index (χ0v) is 25.5. The number of alkyl halides is 1. The molecule has 4 aromatic rings. The number of fused-ring (bicyclic) bond motifs is 3. The van der Waals surface area contributed by atoms with Crippen LogP contribution in [0.3, 0.4) is 0 Å². The van der Waals surface area contributed by atoms with Gasteiger partial charge in [0.1, 0.15) is 35.6 Å². The van der Waals surface area contributed by atoms with Crippen LogP contribution in [0, 0.1) is 23.0 Å². The number of halogens is 4. The minimum Gasteiger partial charge on any atom is -0.461 e. The highest BCUT2D eigenvalue weighted by molar-refractivity contribution is 7.17. The van der Waals surface area contributed by atoms with Crippen molar-refractivity contribution in [2.24, 2.45) is 0 Å². The van der Waals surface area contributed by atoms with Gasteiger partial charge < -0.3 is 14.5 Å². The molecule has 3 fully saturated rings. The lowest BCUT2D eigenvalue weighted by molar-refractivity contribution is -0.131. The number of benzene rings is 1. The molecule has 3 aromatic heterocycles. The number of anilines is 1. The predicted octanol–water partition coefficient (Wildman–Crippen LogP) is 5.55. The Balaban J connectivity index is 1.32. The van der Waals surface area contributed by atoms with Crippen LogP contribution in [0.5, 0.6) is 6.01 Å². The summed E-state index contributed by atoms with van der Waals surface area (Å²) in [5.74, 6) is -3.06. The second-order valence-electron chi connectivity index (χ2n) is 12.0. The van der Waals surface area contributed by atoms with Crippen molar-refractivity contribution in [1.29, 1.82) is 5.26 Å². The maximum absolute atomic E-state index is 16.6. The van der Waals surface area contributed by atoms with Gasteiger partial charge in [0.25, 0.3) is 5.91 Å². The Morgan fingerprint density at radius 3 is 2.87 bits per heavy atom. The molecule has 1 amide bonds. The van der Waals surface area contributed by atoms with E-state index < -0.39 is 41.1 Å². The third-order valence-electron chi connectivity index (χ3n) is 9.29. The van der Waals surface area contributed by atoms with Crippen LogP contribution in [0.2, 0.25) is 0 Å². The number of rotatable bonds is 7. The van der Waals surface area contributed by atoms with Gasteiger partial charge in [-0.05, 0) is 25.5 Å². The van der Waals surface area contributed by atoms with Crippen LogP contribution in [0.1, 0.15) is 25.7 Å². The summed E-state index contributed by atoms with van der Waals surface area (Å²) in [5, 5.41) is 11.3. The van der Waals surface area contributed by atoms with Crippen LogP contribution in [0.15, 0.2) is 42.2 Å². The van der Waals surface area contributed by atoms with Crippen molar-refractivity contribution in [2.75, 3.05) is 44.2 Å². The van der Waals surface area contributed by atoms with Crippen molar-refractivity contribution in [1.82, 2.24) is 24.8 Å². The van der Waals surface area contributed by atoms with Crippen molar-refractivity contribution in [3.63, 3.8) is 0 Å². The lowest BCUT2D eigenvalue weighted by Gasteiger charge is -2.41. The summed E-state index contributed by atoms with van der Waals surface area (Å²) in [6.07, 6.45) is 2.33. The van der Waals surface area contributed by atoms with Gasteiger partial charge in [-0.1, -0.05) is 18.7 Å². The Hall–Kier alpha value is -4.35. The van der Waals surface area contributed by atoms with Crippen molar-refractivity contribution in [2.45, 2.75) is 43.4 Å². The summed E-state index contributed by atoms with van der Waals surface area (Å²) < 4.78 is 66.4. The molecular formula is C32H29F4N7O2S. The molecule has 3 aliphatic rings. The van der Waals surface area contributed by atoms with Gasteiger partial charge in [0, 0.05) is 59.8 Å². The Morgan fingerprint density at radius 2 is 2.07 bits per heavy atom. The third-order valence-corrected chi connectivity index (χ3v) is 10.2. The first-order valence-corrected chi connectivity index (χ1v) is 15.9. The number of nitrogens with zero attached hydrogens (tertiary/aromatic N) is 7. The Kier molecular flexibility index (Phi) is 7.76. The fraction of sp³-hybridized carbons (Fsp3) is 0.406. The molecule has 3 saturated heterocycles. The number of carbonyl (C=O) groups excluding carboxylic acids is 1. The van der Waals surface area contributed by atoms with E-state index in [4.69, 9.17) is 4.74 Å². The minimum absolute atomic E-state index is 0.0548. The van der Waals surface area contributed by atoms with Crippen LogP contribution < -0.4 is 9.64 Å². The van der Waals surface area contributed by atoms with Gasteiger partial charge in [0.05, 0.1) is 29.5 Å². The van der Waals surface area contributed by atoms with Crippen LogP contribution in [0.4, 0.5) is 23.4 Å². The van der Waals surface area contributed by atoms with Crippen molar-refractivity contribution in [3.05, 3.63) is 53.8 Å². The summed E-state index contributed by atoms with van der Waals surface area (Å²) in [5.41, 5.74) is -0.446. The standard InChI is InChI=1S/C32H29F4N7O2S/c1-18(33)30(44)43-11-10-41(15-20(43)6-8-37)29-22-13-38-27(21-4-2-5-24-25(21)23(35)16-46-24)26(36)28(22)39-31(40-29)45-17-32-7-3-9-42(32)14-19(34)12-32/h2,4-5,13,16,19-20H,1,3,6-7,9-12,14-15,17H2/t19-,20+,32+/m1/s1. The van der Waals surface area contributed by atoms with Crippen LogP contribution in [0.25, 0.3) is 32.2 Å². The summed E-state index contributed by atoms with van der Waals surface area (Å²) >= 11 is 1.20. The predicted molar refractivity (Wildman–Crippen MR) is 165 cm³/mol. The molecule has 6 heterocycles. The first-order valence-electron chi connectivity index (χ1n) is 15.0. The topological polar surface area (TPSA) is 98.5 Å². The summed E-state index contributed by atoms with van der Waals surface area (Å²) in [4.78, 5) is 31.1. The third kappa shape index (κ3) is 5.11. The number of carbonyl (C=O) groups is 1.